The first kappa shape index (κ1) is 11.3. The van der Waals surface area contributed by atoms with Gasteiger partial charge in [0.05, 0.1) is 12.2 Å². The molecule has 0 aliphatic carbocycles. The molecule has 1 aliphatic rings. The summed E-state index contributed by atoms with van der Waals surface area (Å²) in [6.07, 6.45) is -3.67. The lowest BCUT2D eigenvalue weighted by atomic mass is 9.90. The fourth-order valence-electron chi connectivity index (χ4n) is 1.96. The van der Waals surface area contributed by atoms with E-state index in [1.54, 1.807) is 0 Å². The van der Waals surface area contributed by atoms with Crippen LogP contribution in [0.25, 0.3) is 0 Å². The minimum absolute atomic E-state index is 0.115. The fraction of sp³-hybridized carbons (Fsp3) is 0.455. The number of anilines is 1. The molecule has 16 heavy (non-hydrogen) atoms. The summed E-state index contributed by atoms with van der Waals surface area (Å²) in [6, 6.07) is 3.62. The largest absolute Gasteiger partial charge is 0.416 e. The van der Waals surface area contributed by atoms with E-state index in [2.05, 4.69) is 5.32 Å². The number of benzene rings is 1. The van der Waals surface area contributed by atoms with Crippen LogP contribution in [-0.2, 0) is 6.18 Å². The molecule has 0 radical (unpaired) electrons. The Labute approximate surface area is 91.1 Å². The standard InChI is InChI=1S/C11H12F3NO/c12-11(13,14)8-1-2-10-9(5-8)7(6-16)3-4-15-10/h1-2,5,7,15-16H,3-4,6H2. The summed E-state index contributed by atoms with van der Waals surface area (Å²) in [6.45, 7) is 0.569. The van der Waals surface area contributed by atoms with E-state index in [1.165, 1.54) is 6.07 Å². The number of rotatable bonds is 1. The summed E-state index contributed by atoms with van der Waals surface area (Å²) in [5.41, 5.74) is 0.593. The Morgan fingerprint density at radius 3 is 2.75 bits per heavy atom. The van der Waals surface area contributed by atoms with Crippen molar-refractivity contribution in [2.45, 2.75) is 18.5 Å². The molecule has 1 aromatic rings. The summed E-state index contributed by atoms with van der Waals surface area (Å²) in [5, 5.41) is 12.1. The Hall–Kier alpha value is -1.23. The Kier molecular flexibility index (Phi) is 2.80. The highest BCUT2D eigenvalue weighted by Gasteiger charge is 2.32. The molecule has 0 spiro atoms. The van der Waals surface area contributed by atoms with Gasteiger partial charge in [-0.15, -0.1) is 0 Å². The van der Waals surface area contributed by atoms with Crippen LogP contribution in [0.2, 0.25) is 0 Å². The van der Waals surface area contributed by atoms with Crippen LogP contribution in [0, 0.1) is 0 Å². The Bertz CT molecular complexity index is 389. The molecular weight excluding hydrogens is 219 g/mol. The highest BCUT2D eigenvalue weighted by Crippen LogP contribution is 2.37. The number of alkyl halides is 3. The monoisotopic (exact) mass is 231 g/mol. The summed E-state index contributed by atoms with van der Waals surface area (Å²) in [4.78, 5) is 0. The number of fused-ring (bicyclic) bond motifs is 1. The van der Waals surface area contributed by atoms with E-state index in [1.807, 2.05) is 0 Å². The smallest absolute Gasteiger partial charge is 0.396 e. The van der Waals surface area contributed by atoms with Gasteiger partial charge in [-0.25, -0.2) is 0 Å². The number of aliphatic hydroxyl groups is 1. The summed E-state index contributed by atoms with van der Waals surface area (Å²) in [5.74, 6) is -0.196. The maximum atomic E-state index is 12.5. The van der Waals surface area contributed by atoms with E-state index in [-0.39, 0.29) is 12.5 Å². The van der Waals surface area contributed by atoms with Gasteiger partial charge in [-0.3, -0.25) is 0 Å². The molecule has 0 fully saturated rings. The zero-order valence-corrected chi connectivity index (χ0v) is 8.51. The maximum Gasteiger partial charge on any atom is 0.416 e. The van der Waals surface area contributed by atoms with Crippen molar-refractivity contribution >= 4 is 5.69 Å². The lowest BCUT2D eigenvalue weighted by Gasteiger charge is -2.26. The summed E-state index contributed by atoms with van der Waals surface area (Å²) >= 11 is 0. The number of halogens is 3. The third-order valence-corrected chi connectivity index (χ3v) is 2.85. The second-order valence-corrected chi connectivity index (χ2v) is 3.89. The first-order valence-corrected chi connectivity index (χ1v) is 5.08. The average Bonchev–Trinajstić information content (AvgIpc) is 2.26. The van der Waals surface area contributed by atoms with Crippen molar-refractivity contribution < 1.29 is 18.3 Å². The first-order chi connectivity index (χ1) is 7.52. The van der Waals surface area contributed by atoms with E-state index in [4.69, 9.17) is 5.11 Å². The molecule has 0 bridgehead atoms. The highest BCUT2D eigenvalue weighted by atomic mass is 19.4. The van der Waals surface area contributed by atoms with Crippen LogP contribution < -0.4 is 5.32 Å². The van der Waals surface area contributed by atoms with Crippen molar-refractivity contribution in [3.05, 3.63) is 29.3 Å². The van der Waals surface area contributed by atoms with Crippen LogP contribution in [0.1, 0.15) is 23.5 Å². The SMILES string of the molecule is OCC1CCNc2ccc(C(F)(F)F)cc21. The van der Waals surface area contributed by atoms with Crippen molar-refractivity contribution in [2.24, 2.45) is 0 Å². The minimum atomic E-state index is -4.33. The van der Waals surface area contributed by atoms with E-state index in [0.717, 1.165) is 12.1 Å². The van der Waals surface area contributed by atoms with Crippen molar-refractivity contribution in [2.75, 3.05) is 18.5 Å². The van der Waals surface area contributed by atoms with Crippen LogP contribution in [0.15, 0.2) is 18.2 Å². The zero-order valence-electron chi connectivity index (χ0n) is 8.51. The highest BCUT2D eigenvalue weighted by molar-refractivity contribution is 5.56. The Balaban J connectivity index is 2.43. The topological polar surface area (TPSA) is 32.3 Å². The third kappa shape index (κ3) is 2.00. The van der Waals surface area contributed by atoms with Gasteiger partial charge in [0.1, 0.15) is 0 Å². The molecular formula is C11H12F3NO. The van der Waals surface area contributed by atoms with E-state index < -0.39 is 11.7 Å². The van der Waals surface area contributed by atoms with Gasteiger partial charge in [0.25, 0.3) is 0 Å². The predicted octanol–water partition coefficient (Wildman–Crippen LogP) is 2.60. The van der Waals surface area contributed by atoms with Gasteiger partial charge in [0.2, 0.25) is 0 Å². The summed E-state index contributed by atoms with van der Waals surface area (Å²) in [7, 11) is 0. The number of aliphatic hydroxyl groups excluding tert-OH is 1. The molecule has 1 atom stereocenters. The molecule has 1 heterocycles. The van der Waals surface area contributed by atoms with Gasteiger partial charge < -0.3 is 10.4 Å². The molecule has 0 amide bonds. The lowest BCUT2D eigenvalue weighted by molar-refractivity contribution is -0.137. The van der Waals surface area contributed by atoms with Crippen molar-refractivity contribution in [1.82, 2.24) is 0 Å². The molecule has 1 aliphatic heterocycles. The molecule has 2 rings (SSSR count). The zero-order chi connectivity index (χ0) is 11.8. The van der Waals surface area contributed by atoms with Gasteiger partial charge in [0.15, 0.2) is 0 Å². The van der Waals surface area contributed by atoms with Crippen molar-refractivity contribution in [1.29, 1.82) is 0 Å². The first-order valence-electron chi connectivity index (χ1n) is 5.08. The molecule has 5 heteroatoms. The van der Waals surface area contributed by atoms with Gasteiger partial charge in [-0.05, 0) is 30.2 Å². The van der Waals surface area contributed by atoms with Gasteiger partial charge >= 0.3 is 6.18 Å². The normalized spacial score (nSPS) is 20.1. The van der Waals surface area contributed by atoms with E-state index in [0.29, 0.717) is 24.2 Å². The van der Waals surface area contributed by atoms with Crippen LogP contribution in [0.4, 0.5) is 18.9 Å². The lowest BCUT2D eigenvalue weighted by Crippen LogP contribution is -2.20. The number of nitrogens with one attached hydrogen (secondary N) is 1. The number of hydrogen-bond acceptors (Lipinski definition) is 2. The van der Waals surface area contributed by atoms with Gasteiger partial charge in [-0.1, -0.05) is 0 Å². The Morgan fingerprint density at radius 2 is 2.12 bits per heavy atom. The van der Waals surface area contributed by atoms with Crippen molar-refractivity contribution in [3.63, 3.8) is 0 Å². The average molecular weight is 231 g/mol. The summed E-state index contributed by atoms with van der Waals surface area (Å²) < 4.78 is 37.5. The molecule has 2 N–H and O–H groups in total. The molecule has 1 unspecified atom stereocenters. The second-order valence-electron chi connectivity index (χ2n) is 3.89. The van der Waals surface area contributed by atoms with E-state index >= 15 is 0 Å². The molecule has 0 aromatic heterocycles. The minimum Gasteiger partial charge on any atom is -0.396 e. The molecule has 88 valence electrons. The van der Waals surface area contributed by atoms with Gasteiger partial charge in [-0.2, -0.15) is 13.2 Å². The van der Waals surface area contributed by atoms with Crippen LogP contribution in [0.5, 0.6) is 0 Å². The van der Waals surface area contributed by atoms with Crippen LogP contribution in [0.3, 0.4) is 0 Å². The van der Waals surface area contributed by atoms with Crippen LogP contribution in [-0.4, -0.2) is 18.3 Å². The van der Waals surface area contributed by atoms with Gasteiger partial charge in [0, 0.05) is 18.2 Å². The molecule has 2 nitrogen and oxygen atoms in total. The fourth-order valence-corrected chi connectivity index (χ4v) is 1.96. The Morgan fingerprint density at radius 1 is 1.38 bits per heavy atom. The van der Waals surface area contributed by atoms with Crippen molar-refractivity contribution in [3.8, 4) is 0 Å². The molecule has 0 saturated heterocycles. The maximum absolute atomic E-state index is 12.5. The molecule has 0 saturated carbocycles. The van der Waals surface area contributed by atoms with E-state index in [9.17, 15) is 13.2 Å². The number of hydrogen-bond donors (Lipinski definition) is 2. The third-order valence-electron chi connectivity index (χ3n) is 2.85. The predicted molar refractivity (Wildman–Crippen MR) is 54.4 cm³/mol. The quantitative estimate of drug-likeness (QED) is 0.778. The molecule has 1 aromatic carbocycles. The van der Waals surface area contributed by atoms with Crippen LogP contribution >= 0.6 is 0 Å². The second kappa shape index (κ2) is 3.97.